The van der Waals surface area contributed by atoms with E-state index in [9.17, 15) is 19.5 Å². The molecule has 3 aromatic heterocycles. The Balaban J connectivity index is 1.54. The Morgan fingerprint density at radius 3 is 2.57 bits per heavy atom. The highest BCUT2D eigenvalue weighted by Crippen LogP contribution is 2.42. The highest BCUT2D eigenvalue weighted by Gasteiger charge is 2.41. The van der Waals surface area contributed by atoms with Crippen LogP contribution in [0.5, 0.6) is 5.75 Å². The molecular formula is C30H33N3O8S. The van der Waals surface area contributed by atoms with Gasteiger partial charge in [0.25, 0.3) is 5.56 Å². The van der Waals surface area contributed by atoms with Crippen molar-refractivity contribution in [3.05, 3.63) is 68.7 Å². The Kier molecular flexibility index (Phi) is 7.32. The van der Waals surface area contributed by atoms with E-state index in [-0.39, 0.29) is 18.0 Å². The van der Waals surface area contributed by atoms with Crippen LogP contribution in [0.2, 0.25) is 0 Å². The Labute approximate surface area is 245 Å². The fourth-order valence-electron chi connectivity index (χ4n) is 6.23. The summed E-state index contributed by atoms with van der Waals surface area (Å²) in [6.07, 6.45) is 3.95. The third-order valence-electron chi connectivity index (χ3n) is 8.57. The van der Waals surface area contributed by atoms with Crippen molar-refractivity contribution in [3.63, 3.8) is 0 Å². The van der Waals surface area contributed by atoms with Gasteiger partial charge in [0.15, 0.2) is 0 Å². The predicted octanol–water partition coefficient (Wildman–Crippen LogP) is 4.20. The number of aromatic nitrogens is 3. The molecule has 1 aromatic carbocycles. The van der Waals surface area contributed by atoms with Crippen LogP contribution in [0.1, 0.15) is 43.9 Å². The summed E-state index contributed by atoms with van der Waals surface area (Å²) in [6.45, 7) is 5.91. The SMILES string of the molecule is COc1ccccc1C(Cn1c(=O)n(C(C)(C)C(=O)O)c(=O)c2c(C)c(-c3ncco3)sc21)OC1C[C@H]2COC[C@@H]2C1. The van der Waals surface area contributed by atoms with Crippen molar-refractivity contribution in [2.45, 2.75) is 57.9 Å². The number of thiophene rings is 1. The molecule has 0 radical (unpaired) electrons. The first-order chi connectivity index (χ1) is 20.1. The molecule has 3 atom stereocenters. The summed E-state index contributed by atoms with van der Waals surface area (Å²) in [6, 6.07) is 7.49. The average molecular weight is 596 g/mol. The van der Waals surface area contributed by atoms with Crippen molar-refractivity contribution in [3.8, 4) is 16.5 Å². The lowest BCUT2D eigenvalue weighted by molar-refractivity contribution is -0.146. The quantitative estimate of drug-likeness (QED) is 0.302. The van der Waals surface area contributed by atoms with E-state index in [1.165, 1.54) is 42.2 Å². The van der Waals surface area contributed by atoms with Crippen molar-refractivity contribution < 1.29 is 28.5 Å². The Bertz CT molecular complexity index is 1740. The number of para-hydroxylation sites is 1. The summed E-state index contributed by atoms with van der Waals surface area (Å²) in [7, 11) is 1.58. The molecule has 2 aliphatic rings. The molecule has 6 rings (SSSR count). The second-order valence-corrected chi connectivity index (χ2v) is 12.5. The molecule has 0 spiro atoms. The average Bonchev–Trinajstić information content (AvgIpc) is 3.75. The summed E-state index contributed by atoms with van der Waals surface area (Å²) in [5, 5.41) is 10.3. The fourth-order valence-corrected chi connectivity index (χ4v) is 7.47. The van der Waals surface area contributed by atoms with E-state index in [4.69, 9.17) is 18.6 Å². The van der Waals surface area contributed by atoms with Gasteiger partial charge in [-0.15, -0.1) is 11.3 Å². The number of rotatable bonds is 9. The number of hydrogen-bond donors (Lipinski definition) is 1. The number of methoxy groups -OCH3 is 1. The van der Waals surface area contributed by atoms with Gasteiger partial charge in [0.2, 0.25) is 5.89 Å². The van der Waals surface area contributed by atoms with Crippen LogP contribution in [0, 0.1) is 18.8 Å². The van der Waals surface area contributed by atoms with E-state index in [1.807, 2.05) is 24.3 Å². The van der Waals surface area contributed by atoms with Gasteiger partial charge in [0.1, 0.15) is 28.5 Å². The van der Waals surface area contributed by atoms with Crippen LogP contribution in [0.3, 0.4) is 0 Å². The minimum absolute atomic E-state index is 0.0268. The van der Waals surface area contributed by atoms with Crippen LogP contribution in [0.15, 0.2) is 50.7 Å². The number of carboxylic acid groups (broad SMARTS) is 1. The van der Waals surface area contributed by atoms with Crippen molar-refractivity contribution >= 4 is 27.5 Å². The van der Waals surface area contributed by atoms with Gasteiger partial charge in [-0.2, -0.15) is 0 Å². The number of oxazole rings is 1. The van der Waals surface area contributed by atoms with Crippen molar-refractivity contribution in [2.75, 3.05) is 20.3 Å². The second kappa shape index (κ2) is 10.8. The lowest BCUT2D eigenvalue weighted by Crippen LogP contribution is -2.52. The van der Waals surface area contributed by atoms with Gasteiger partial charge < -0.3 is 23.7 Å². The van der Waals surface area contributed by atoms with Crippen molar-refractivity contribution in [1.82, 2.24) is 14.1 Å². The number of fused-ring (bicyclic) bond motifs is 2. The molecule has 0 bridgehead atoms. The number of aliphatic carboxylic acids is 1. The number of nitrogens with zero attached hydrogens (tertiary/aromatic N) is 3. The van der Waals surface area contributed by atoms with Crippen LogP contribution in [0.25, 0.3) is 21.0 Å². The van der Waals surface area contributed by atoms with Crippen LogP contribution < -0.4 is 16.0 Å². The van der Waals surface area contributed by atoms with E-state index >= 15 is 0 Å². The zero-order valence-electron chi connectivity index (χ0n) is 23.9. The number of benzene rings is 1. The topological polar surface area (TPSA) is 135 Å². The maximum Gasteiger partial charge on any atom is 0.333 e. The maximum absolute atomic E-state index is 14.2. The summed E-state index contributed by atoms with van der Waals surface area (Å²) in [4.78, 5) is 45.6. The molecule has 4 heterocycles. The molecule has 222 valence electrons. The molecule has 1 saturated heterocycles. The van der Waals surface area contributed by atoms with Gasteiger partial charge in [-0.3, -0.25) is 9.36 Å². The summed E-state index contributed by atoms with van der Waals surface area (Å²) in [5.74, 6) is 0.489. The Hall–Kier alpha value is -3.74. The predicted molar refractivity (Wildman–Crippen MR) is 155 cm³/mol. The van der Waals surface area contributed by atoms with E-state index in [0.29, 0.717) is 38.7 Å². The normalized spacial score (nSPS) is 19.8. The van der Waals surface area contributed by atoms with E-state index < -0.39 is 28.9 Å². The Morgan fingerprint density at radius 2 is 1.93 bits per heavy atom. The van der Waals surface area contributed by atoms with E-state index in [0.717, 1.165) is 36.2 Å². The highest BCUT2D eigenvalue weighted by molar-refractivity contribution is 7.22. The summed E-state index contributed by atoms with van der Waals surface area (Å²) < 4.78 is 25.9. The molecule has 2 fully saturated rings. The Morgan fingerprint density at radius 1 is 1.21 bits per heavy atom. The van der Waals surface area contributed by atoms with E-state index in [1.54, 1.807) is 14.0 Å². The first-order valence-electron chi connectivity index (χ1n) is 13.9. The van der Waals surface area contributed by atoms with Crippen LogP contribution in [0.4, 0.5) is 0 Å². The van der Waals surface area contributed by atoms with Gasteiger partial charge in [0, 0.05) is 18.8 Å². The monoisotopic (exact) mass is 595 g/mol. The molecule has 12 heteroatoms. The van der Waals surface area contributed by atoms with E-state index in [2.05, 4.69) is 4.98 Å². The third-order valence-corrected chi connectivity index (χ3v) is 9.88. The molecule has 0 amide bonds. The molecule has 42 heavy (non-hydrogen) atoms. The second-order valence-electron chi connectivity index (χ2n) is 11.5. The smallest absolute Gasteiger partial charge is 0.333 e. The maximum atomic E-state index is 14.2. The number of hydrogen-bond acceptors (Lipinski definition) is 9. The highest BCUT2D eigenvalue weighted by atomic mass is 32.1. The number of ether oxygens (including phenoxy) is 3. The number of carbonyl (C=O) groups is 1. The largest absolute Gasteiger partial charge is 0.496 e. The molecule has 1 N–H and O–H groups in total. The molecule has 1 aliphatic heterocycles. The standard InChI is InChI=1S/C30H33N3O8S/c1-16-23-26(34)33(30(2,3)28(35)36)29(37)32(27(23)42-24(16)25-31-9-10-40-25)13-22(20-7-5-6-8-21(20)38-4)41-19-11-17-14-39-15-18(17)12-19/h5-10,17-19,22H,11-15H2,1-4H3,(H,35,36)/t17-,18-,22?/m0/s1. The van der Waals surface area contributed by atoms with Gasteiger partial charge in [-0.05, 0) is 57.1 Å². The van der Waals surface area contributed by atoms with Gasteiger partial charge >= 0.3 is 11.7 Å². The van der Waals surface area contributed by atoms with Gasteiger partial charge in [0.05, 0.1) is 36.2 Å². The van der Waals surface area contributed by atoms with Gasteiger partial charge in [-0.1, -0.05) is 18.2 Å². The van der Waals surface area contributed by atoms with Crippen LogP contribution >= 0.6 is 11.3 Å². The molecule has 1 unspecified atom stereocenters. The fraction of sp³-hybridized carbons (Fsp3) is 0.467. The van der Waals surface area contributed by atoms with Crippen LogP contribution in [-0.4, -0.2) is 51.6 Å². The molecule has 4 aromatic rings. The van der Waals surface area contributed by atoms with Crippen molar-refractivity contribution in [1.29, 1.82) is 0 Å². The number of aryl methyl sites for hydroxylation is 1. The minimum Gasteiger partial charge on any atom is -0.496 e. The minimum atomic E-state index is -1.81. The summed E-state index contributed by atoms with van der Waals surface area (Å²) >= 11 is 1.21. The van der Waals surface area contributed by atoms with Gasteiger partial charge in [-0.25, -0.2) is 19.1 Å². The molecular weight excluding hydrogens is 562 g/mol. The third kappa shape index (κ3) is 4.67. The first kappa shape index (κ1) is 28.4. The van der Waals surface area contributed by atoms with Crippen molar-refractivity contribution in [2.24, 2.45) is 11.8 Å². The van der Waals surface area contributed by atoms with Crippen LogP contribution in [-0.2, 0) is 26.4 Å². The first-order valence-corrected chi connectivity index (χ1v) is 14.7. The molecule has 1 saturated carbocycles. The number of carboxylic acids is 1. The zero-order chi connectivity index (χ0) is 29.8. The molecule has 11 nitrogen and oxygen atoms in total. The summed E-state index contributed by atoms with van der Waals surface area (Å²) in [5.41, 5.74) is -1.91. The molecule has 1 aliphatic carbocycles. The lowest BCUT2D eigenvalue weighted by Gasteiger charge is -2.27. The lowest BCUT2D eigenvalue weighted by atomic mass is 10.0. The zero-order valence-corrected chi connectivity index (χ0v) is 24.7.